The van der Waals surface area contributed by atoms with Gasteiger partial charge in [-0.05, 0) is 60.5 Å². The van der Waals surface area contributed by atoms with Gasteiger partial charge in [-0.2, -0.15) is 13.2 Å². The number of carbonyl (C=O) groups excluding carboxylic acids is 2. The topological polar surface area (TPSA) is 71.1 Å². The van der Waals surface area contributed by atoms with E-state index >= 15 is 0 Å². The van der Waals surface area contributed by atoms with E-state index in [0.29, 0.717) is 11.4 Å². The maximum atomic E-state index is 12.9. The van der Waals surface area contributed by atoms with Crippen molar-refractivity contribution in [3.05, 3.63) is 95.3 Å². The fourth-order valence-electron chi connectivity index (χ4n) is 2.70. The molecule has 0 aliphatic rings. The molecule has 0 atom stereocenters. The molecule has 0 unspecified atom stereocenters. The van der Waals surface area contributed by atoms with Crippen LogP contribution in [0.5, 0.6) is 0 Å². The number of alkyl halides is 3. The summed E-state index contributed by atoms with van der Waals surface area (Å²) >= 11 is 0. The highest BCUT2D eigenvalue weighted by molar-refractivity contribution is 6.06. The molecule has 2 N–H and O–H groups in total. The van der Waals surface area contributed by atoms with Gasteiger partial charge < -0.3 is 10.6 Å². The molecule has 0 saturated carbocycles. The number of carbonyl (C=O) groups is 2. The van der Waals surface area contributed by atoms with E-state index in [0.717, 1.165) is 23.3 Å². The first kappa shape index (κ1) is 21.8. The fourth-order valence-corrected chi connectivity index (χ4v) is 2.70. The summed E-state index contributed by atoms with van der Waals surface area (Å²) in [5, 5.41) is 5.27. The highest BCUT2D eigenvalue weighted by atomic mass is 19.4. The Bertz CT molecular complexity index is 1130. The van der Waals surface area contributed by atoms with Gasteiger partial charge in [0.1, 0.15) is 0 Å². The van der Waals surface area contributed by atoms with Crippen LogP contribution in [0.4, 0.5) is 24.5 Å². The number of nitrogens with one attached hydrogen (secondary N) is 2. The predicted octanol–water partition coefficient (Wildman–Crippen LogP) is 5.31. The molecule has 0 bridgehead atoms. The minimum Gasteiger partial charge on any atom is -0.322 e. The van der Waals surface area contributed by atoms with Gasteiger partial charge >= 0.3 is 6.18 Å². The second-order valence-corrected chi connectivity index (χ2v) is 6.67. The normalized spacial score (nSPS) is 11.4. The summed E-state index contributed by atoms with van der Waals surface area (Å²) in [7, 11) is 0. The maximum Gasteiger partial charge on any atom is 0.416 e. The average molecular weight is 425 g/mol. The Hall–Kier alpha value is -3.94. The first-order valence-electron chi connectivity index (χ1n) is 9.21. The molecule has 0 aliphatic carbocycles. The van der Waals surface area contributed by atoms with Gasteiger partial charge in [0.05, 0.1) is 5.56 Å². The van der Waals surface area contributed by atoms with E-state index < -0.39 is 17.6 Å². The molecule has 0 spiro atoms. The molecule has 8 heteroatoms. The minimum absolute atomic E-state index is 0.125. The van der Waals surface area contributed by atoms with E-state index in [1.807, 2.05) is 0 Å². The number of aryl methyl sites for hydroxylation is 1. The fraction of sp³-hybridized carbons (Fsp3) is 0.0870. The van der Waals surface area contributed by atoms with Gasteiger partial charge in [-0.1, -0.05) is 18.2 Å². The number of benzene rings is 2. The van der Waals surface area contributed by atoms with Crippen molar-refractivity contribution in [1.29, 1.82) is 0 Å². The Kier molecular flexibility index (Phi) is 6.49. The third kappa shape index (κ3) is 6.02. The lowest BCUT2D eigenvalue weighted by Crippen LogP contribution is -2.15. The molecule has 158 valence electrons. The van der Waals surface area contributed by atoms with Gasteiger partial charge in [0.15, 0.2) is 0 Å². The van der Waals surface area contributed by atoms with E-state index in [1.54, 1.807) is 49.7 Å². The van der Waals surface area contributed by atoms with Gasteiger partial charge in [-0.15, -0.1) is 0 Å². The maximum absolute atomic E-state index is 12.9. The summed E-state index contributed by atoms with van der Waals surface area (Å²) in [6.07, 6.45) is 1.65. The quantitative estimate of drug-likeness (QED) is 0.544. The van der Waals surface area contributed by atoms with Gasteiger partial charge in [0.2, 0.25) is 5.91 Å². The van der Waals surface area contributed by atoms with Crippen molar-refractivity contribution >= 4 is 29.3 Å². The van der Waals surface area contributed by atoms with Crippen molar-refractivity contribution in [2.75, 3.05) is 10.6 Å². The molecular formula is C23H18F3N3O2. The summed E-state index contributed by atoms with van der Waals surface area (Å²) in [6.45, 7) is 1.78. The number of anilines is 2. The second-order valence-electron chi connectivity index (χ2n) is 6.67. The minimum atomic E-state index is -4.54. The molecule has 1 heterocycles. The zero-order chi connectivity index (χ0) is 22.4. The summed E-state index contributed by atoms with van der Waals surface area (Å²) in [5.74, 6) is -1.07. The Morgan fingerprint density at radius 1 is 1.00 bits per heavy atom. The zero-order valence-electron chi connectivity index (χ0n) is 16.4. The van der Waals surface area contributed by atoms with Crippen LogP contribution in [0.2, 0.25) is 0 Å². The lowest BCUT2D eigenvalue weighted by atomic mass is 10.1. The van der Waals surface area contributed by atoms with E-state index in [1.165, 1.54) is 24.3 Å². The molecule has 0 radical (unpaired) electrons. The van der Waals surface area contributed by atoms with Gasteiger partial charge in [0, 0.05) is 35.4 Å². The van der Waals surface area contributed by atoms with Gasteiger partial charge in [-0.3, -0.25) is 14.6 Å². The lowest BCUT2D eigenvalue weighted by Gasteiger charge is -2.12. The van der Waals surface area contributed by atoms with E-state index in [2.05, 4.69) is 15.6 Å². The molecule has 5 nitrogen and oxygen atoms in total. The van der Waals surface area contributed by atoms with Crippen LogP contribution in [0, 0.1) is 6.92 Å². The highest BCUT2D eigenvalue weighted by Gasteiger charge is 2.30. The standard InChI is InChI=1S/C23H18F3N3O2/c1-15-7-9-19(28-22(31)17-5-2-6-18(12-17)23(24,25)26)13-20(15)29-21(30)10-8-16-4-3-11-27-14-16/h2-14H,1H3,(H,28,31)(H,29,30)/b10-8+. The zero-order valence-corrected chi connectivity index (χ0v) is 16.4. The number of rotatable bonds is 5. The van der Waals surface area contributed by atoms with Crippen LogP contribution >= 0.6 is 0 Å². The van der Waals surface area contributed by atoms with E-state index in [4.69, 9.17) is 0 Å². The molecule has 0 fully saturated rings. The Morgan fingerprint density at radius 3 is 2.52 bits per heavy atom. The number of amides is 2. The molecular weight excluding hydrogens is 407 g/mol. The lowest BCUT2D eigenvalue weighted by molar-refractivity contribution is -0.137. The number of hydrogen-bond donors (Lipinski definition) is 2. The Balaban J connectivity index is 1.71. The van der Waals surface area contributed by atoms with Gasteiger partial charge in [0.25, 0.3) is 5.91 Å². The number of hydrogen-bond acceptors (Lipinski definition) is 3. The van der Waals surface area contributed by atoms with Crippen LogP contribution in [0.15, 0.2) is 73.1 Å². The molecule has 2 amide bonds. The molecule has 2 aromatic carbocycles. The van der Waals surface area contributed by atoms with Gasteiger partial charge in [-0.25, -0.2) is 0 Å². The predicted molar refractivity (Wildman–Crippen MR) is 112 cm³/mol. The third-order valence-corrected chi connectivity index (χ3v) is 4.32. The largest absolute Gasteiger partial charge is 0.416 e. The highest BCUT2D eigenvalue weighted by Crippen LogP contribution is 2.30. The summed E-state index contributed by atoms with van der Waals surface area (Å²) < 4.78 is 38.6. The van der Waals surface area contributed by atoms with E-state index in [9.17, 15) is 22.8 Å². The third-order valence-electron chi connectivity index (χ3n) is 4.32. The summed E-state index contributed by atoms with van der Waals surface area (Å²) in [5.41, 5.74) is 1.27. The molecule has 3 aromatic rings. The number of nitrogens with zero attached hydrogens (tertiary/aromatic N) is 1. The SMILES string of the molecule is Cc1ccc(NC(=O)c2cccc(C(F)(F)F)c2)cc1NC(=O)/C=C/c1cccnc1. The number of pyridine rings is 1. The van der Waals surface area contributed by atoms with Crippen molar-refractivity contribution in [1.82, 2.24) is 4.98 Å². The van der Waals surface area contributed by atoms with Crippen molar-refractivity contribution in [3.8, 4) is 0 Å². The number of aromatic nitrogens is 1. The molecule has 1 aromatic heterocycles. The molecule has 0 aliphatic heterocycles. The van der Waals surface area contributed by atoms with Crippen LogP contribution in [0.1, 0.15) is 27.0 Å². The van der Waals surface area contributed by atoms with Crippen molar-refractivity contribution in [2.24, 2.45) is 0 Å². The van der Waals surface area contributed by atoms with Crippen LogP contribution in [-0.2, 0) is 11.0 Å². The monoisotopic (exact) mass is 425 g/mol. The average Bonchev–Trinajstić information content (AvgIpc) is 2.75. The van der Waals surface area contributed by atoms with Crippen LogP contribution in [0.25, 0.3) is 6.08 Å². The second kappa shape index (κ2) is 9.25. The number of halogens is 3. The summed E-state index contributed by atoms with van der Waals surface area (Å²) in [4.78, 5) is 28.6. The molecule has 0 saturated heterocycles. The van der Waals surface area contributed by atoms with E-state index in [-0.39, 0.29) is 11.5 Å². The van der Waals surface area contributed by atoms with Crippen molar-refractivity contribution in [2.45, 2.75) is 13.1 Å². The van der Waals surface area contributed by atoms with Crippen LogP contribution in [-0.4, -0.2) is 16.8 Å². The molecule has 31 heavy (non-hydrogen) atoms. The Labute approximate surface area is 176 Å². The first-order chi connectivity index (χ1) is 14.7. The smallest absolute Gasteiger partial charge is 0.322 e. The Morgan fingerprint density at radius 2 is 1.81 bits per heavy atom. The molecule has 3 rings (SSSR count). The van der Waals surface area contributed by atoms with Crippen molar-refractivity contribution in [3.63, 3.8) is 0 Å². The summed E-state index contributed by atoms with van der Waals surface area (Å²) in [6, 6.07) is 12.5. The van der Waals surface area contributed by atoms with Crippen LogP contribution in [0.3, 0.4) is 0 Å². The first-order valence-corrected chi connectivity index (χ1v) is 9.21. The van der Waals surface area contributed by atoms with Crippen molar-refractivity contribution < 1.29 is 22.8 Å². The van der Waals surface area contributed by atoms with Crippen LogP contribution < -0.4 is 10.6 Å².